The molecule has 0 spiro atoms. The van der Waals surface area contributed by atoms with E-state index in [0.29, 0.717) is 0 Å². The zero-order valence-corrected chi connectivity index (χ0v) is 15.2. The first-order valence-electron chi connectivity index (χ1n) is 6.88. The van der Waals surface area contributed by atoms with Crippen molar-refractivity contribution < 1.29 is 9.53 Å². The van der Waals surface area contributed by atoms with Crippen LogP contribution in [-0.4, -0.2) is 24.2 Å². The monoisotopic (exact) mass is 398 g/mol. The van der Waals surface area contributed by atoms with Crippen LogP contribution < -0.4 is 15.9 Å². The summed E-state index contributed by atoms with van der Waals surface area (Å²) in [7, 11) is 1.58. The molecule has 0 bridgehead atoms. The highest BCUT2D eigenvalue weighted by Gasteiger charge is 2.19. The summed E-state index contributed by atoms with van der Waals surface area (Å²) in [6.07, 6.45) is 4.80. The van der Waals surface area contributed by atoms with Crippen LogP contribution in [0.1, 0.15) is 16.1 Å². The minimum Gasteiger partial charge on any atom is -0.496 e. The summed E-state index contributed by atoms with van der Waals surface area (Å²) in [5, 5.41) is 3.56. The molecule has 1 amide bonds. The van der Waals surface area contributed by atoms with Gasteiger partial charge in [0.2, 0.25) is 0 Å². The highest BCUT2D eigenvalue weighted by Crippen LogP contribution is 2.34. The van der Waals surface area contributed by atoms with Gasteiger partial charge < -0.3 is 10.5 Å². The number of halogens is 3. The average Bonchev–Trinajstić information content (AvgIpc) is 2.62. The van der Waals surface area contributed by atoms with Gasteiger partial charge >= 0.3 is 0 Å². The Morgan fingerprint density at radius 2 is 2.00 bits per heavy atom. The van der Waals surface area contributed by atoms with E-state index in [1.807, 2.05) is 24.3 Å². The van der Waals surface area contributed by atoms with E-state index in [1.165, 1.54) is 6.21 Å². The molecule has 0 saturated heterocycles. The lowest BCUT2D eigenvalue weighted by Gasteiger charge is -2.07. The first-order chi connectivity index (χ1) is 12.0. The fraction of sp³-hybridized carbons (Fsp3) is 0.0625. The van der Waals surface area contributed by atoms with Crippen molar-refractivity contribution in [3.05, 3.63) is 56.8 Å². The van der Waals surface area contributed by atoms with E-state index in [9.17, 15) is 4.79 Å². The van der Waals surface area contributed by atoms with Crippen LogP contribution in [0.2, 0.25) is 15.2 Å². The number of carbonyl (C=O) groups is 1. The number of benzene rings is 1. The third-order valence-electron chi connectivity index (χ3n) is 3.03. The lowest BCUT2D eigenvalue weighted by atomic mass is 10.2. The zero-order chi connectivity index (χ0) is 18.4. The number of para-hydroxylation sites is 1. The van der Waals surface area contributed by atoms with Gasteiger partial charge in [-0.3, -0.25) is 4.79 Å². The van der Waals surface area contributed by atoms with Crippen LogP contribution in [0.4, 0.5) is 5.69 Å². The molecule has 0 aliphatic carbocycles. The summed E-state index contributed by atoms with van der Waals surface area (Å²) in [5.41, 5.74) is 8.61. The molecular formula is C16H13Cl3N4O2. The van der Waals surface area contributed by atoms with E-state index in [1.54, 1.807) is 19.3 Å². The Bertz CT molecular complexity index is 854. The van der Waals surface area contributed by atoms with Crippen LogP contribution >= 0.6 is 34.8 Å². The Morgan fingerprint density at radius 3 is 2.72 bits per heavy atom. The molecule has 0 aliphatic heterocycles. The molecule has 2 rings (SSSR count). The fourth-order valence-corrected chi connectivity index (χ4v) is 2.42. The highest BCUT2D eigenvalue weighted by atomic mass is 35.5. The summed E-state index contributed by atoms with van der Waals surface area (Å²) in [5.74, 6) is 0.0515. The van der Waals surface area contributed by atoms with Crippen molar-refractivity contribution >= 4 is 58.7 Å². The Labute approximate surface area is 159 Å². The van der Waals surface area contributed by atoms with Gasteiger partial charge in [-0.2, -0.15) is 5.10 Å². The van der Waals surface area contributed by atoms with E-state index < -0.39 is 5.91 Å². The van der Waals surface area contributed by atoms with E-state index in [0.717, 1.165) is 11.3 Å². The Balaban J connectivity index is 2.05. The van der Waals surface area contributed by atoms with E-state index in [2.05, 4.69) is 15.5 Å². The molecule has 0 atom stereocenters. The van der Waals surface area contributed by atoms with Crippen molar-refractivity contribution in [2.45, 2.75) is 0 Å². The molecule has 130 valence electrons. The normalized spacial score (nSPS) is 11.2. The molecule has 0 saturated carbocycles. The summed E-state index contributed by atoms with van der Waals surface area (Å²) in [4.78, 5) is 15.8. The van der Waals surface area contributed by atoms with Crippen LogP contribution in [0, 0.1) is 0 Å². The maximum atomic E-state index is 12.0. The van der Waals surface area contributed by atoms with Gasteiger partial charge in [-0.15, -0.1) is 0 Å². The number of nitrogens with zero attached hydrogens (tertiary/aromatic N) is 2. The highest BCUT2D eigenvalue weighted by molar-refractivity contribution is 6.46. The van der Waals surface area contributed by atoms with Crippen molar-refractivity contribution in [1.82, 2.24) is 10.4 Å². The third-order valence-corrected chi connectivity index (χ3v) is 4.16. The summed E-state index contributed by atoms with van der Waals surface area (Å²) in [6, 6.07) is 7.46. The second-order valence-electron chi connectivity index (χ2n) is 4.61. The topological polar surface area (TPSA) is 89.6 Å². The van der Waals surface area contributed by atoms with Gasteiger partial charge in [0, 0.05) is 11.8 Å². The molecule has 3 N–H and O–H groups in total. The molecular weight excluding hydrogens is 387 g/mol. The molecule has 1 heterocycles. The number of carbonyl (C=O) groups excluding carboxylic acids is 1. The quantitative estimate of drug-likeness (QED) is 0.451. The number of aromatic nitrogens is 1. The first-order valence-corrected chi connectivity index (χ1v) is 8.02. The standard InChI is InChI=1S/C16H13Cl3N4O2/c1-25-10-7-3-2-5-9(10)6-4-8-21-23-16(24)14-11(17)13(20)12(18)15(19)22-14/h2-8H,1H3,(H2,20,22)(H,23,24). The van der Waals surface area contributed by atoms with Gasteiger partial charge in [-0.05, 0) is 18.2 Å². The summed E-state index contributed by atoms with van der Waals surface area (Å²) in [6.45, 7) is 0. The van der Waals surface area contributed by atoms with Gasteiger partial charge in [0.1, 0.15) is 10.8 Å². The molecule has 1 aromatic heterocycles. The smallest absolute Gasteiger partial charge is 0.291 e. The summed E-state index contributed by atoms with van der Waals surface area (Å²) >= 11 is 17.5. The maximum Gasteiger partial charge on any atom is 0.291 e. The van der Waals surface area contributed by atoms with E-state index in [4.69, 9.17) is 45.3 Å². The maximum absolute atomic E-state index is 12.0. The number of nitrogen functional groups attached to an aromatic ring is 1. The Morgan fingerprint density at radius 1 is 1.28 bits per heavy atom. The lowest BCUT2D eigenvalue weighted by Crippen LogP contribution is -2.20. The average molecular weight is 400 g/mol. The summed E-state index contributed by atoms with van der Waals surface area (Å²) < 4.78 is 5.22. The molecule has 0 radical (unpaired) electrons. The molecule has 6 nitrogen and oxygen atoms in total. The van der Waals surface area contributed by atoms with Crippen molar-refractivity contribution in [2.75, 3.05) is 12.8 Å². The van der Waals surface area contributed by atoms with E-state index in [-0.39, 0.29) is 26.6 Å². The van der Waals surface area contributed by atoms with E-state index >= 15 is 0 Å². The largest absolute Gasteiger partial charge is 0.496 e. The van der Waals surface area contributed by atoms with Gasteiger partial charge in [-0.1, -0.05) is 53.0 Å². The molecule has 2 aromatic rings. The SMILES string of the molecule is COc1ccccc1C=CC=NNC(=O)c1nc(Cl)c(Cl)c(N)c1Cl. The fourth-order valence-electron chi connectivity index (χ4n) is 1.82. The van der Waals surface area contributed by atoms with Gasteiger partial charge in [0.15, 0.2) is 10.8 Å². The second kappa shape index (κ2) is 8.71. The Hall–Kier alpha value is -2.28. The lowest BCUT2D eigenvalue weighted by molar-refractivity contribution is 0.0950. The van der Waals surface area contributed by atoms with Crippen LogP contribution in [0.25, 0.3) is 6.08 Å². The number of hydrazone groups is 1. The number of nitrogens with two attached hydrogens (primary N) is 1. The number of anilines is 1. The van der Waals surface area contributed by atoms with Crippen LogP contribution in [0.15, 0.2) is 35.4 Å². The van der Waals surface area contributed by atoms with Crippen LogP contribution in [0.5, 0.6) is 5.75 Å². The van der Waals surface area contributed by atoms with Gasteiger partial charge in [0.05, 0.1) is 17.8 Å². The molecule has 9 heteroatoms. The van der Waals surface area contributed by atoms with Crippen molar-refractivity contribution in [3.63, 3.8) is 0 Å². The second-order valence-corrected chi connectivity index (χ2v) is 5.73. The zero-order valence-electron chi connectivity index (χ0n) is 13.0. The van der Waals surface area contributed by atoms with Gasteiger partial charge in [0.25, 0.3) is 5.91 Å². The van der Waals surface area contributed by atoms with Crippen molar-refractivity contribution in [1.29, 1.82) is 0 Å². The predicted molar refractivity (Wildman–Crippen MR) is 102 cm³/mol. The minimum absolute atomic E-state index is 0.00791. The van der Waals surface area contributed by atoms with Gasteiger partial charge in [-0.25, -0.2) is 10.4 Å². The van der Waals surface area contributed by atoms with Crippen LogP contribution in [-0.2, 0) is 0 Å². The number of rotatable bonds is 5. The molecule has 1 aromatic carbocycles. The number of ether oxygens (including phenoxy) is 1. The minimum atomic E-state index is -0.669. The van der Waals surface area contributed by atoms with Crippen LogP contribution in [0.3, 0.4) is 0 Å². The third kappa shape index (κ3) is 4.63. The first kappa shape index (κ1) is 19.1. The molecule has 0 fully saturated rings. The number of allylic oxidation sites excluding steroid dienone is 1. The predicted octanol–water partition coefficient (Wildman–Crippen LogP) is 4.06. The number of methoxy groups -OCH3 is 1. The van der Waals surface area contributed by atoms with Crippen molar-refractivity contribution in [2.24, 2.45) is 5.10 Å². The molecule has 0 aliphatic rings. The van der Waals surface area contributed by atoms with Crippen molar-refractivity contribution in [3.8, 4) is 5.75 Å². The number of pyridine rings is 1. The number of nitrogens with one attached hydrogen (secondary N) is 1. The molecule has 25 heavy (non-hydrogen) atoms. The molecule has 0 unspecified atom stereocenters. The number of amides is 1. The number of hydrogen-bond acceptors (Lipinski definition) is 5. The Kier molecular flexibility index (Phi) is 6.64. The number of hydrogen-bond donors (Lipinski definition) is 2.